The normalized spacial score (nSPS) is 30.2. The average Bonchev–Trinajstić information content (AvgIpc) is 2.46. The topological polar surface area (TPSA) is 72.8 Å². The highest BCUT2D eigenvalue weighted by atomic mass is 16.4. The van der Waals surface area contributed by atoms with Gasteiger partial charge in [-0.05, 0) is 32.1 Å². The van der Waals surface area contributed by atoms with Crippen LogP contribution in [0, 0.1) is 5.92 Å². The number of nitrogens with zero attached hydrogens (tertiary/aromatic N) is 1. The number of aliphatic hydroxyl groups is 1. The van der Waals surface area contributed by atoms with Crippen LogP contribution in [0.1, 0.15) is 51.9 Å². The number of piperidine rings is 1. The lowest BCUT2D eigenvalue weighted by molar-refractivity contribution is -0.137. The van der Waals surface area contributed by atoms with Gasteiger partial charge in [-0.3, -0.25) is 4.79 Å². The molecule has 2 aliphatic rings. The van der Waals surface area contributed by atoms with Crippen molar-refractivity contribution in [3.8, 4) is 0 Å². The predicted octanol–water partition coefficient (Wildman–Crippen LogP) is 1.45. The van der Waals surface area contributed by atoms with Crippen molar-refractivity contribution in [3.63, 3.8) is 0 Å². The number of aliphatic carboxylic acids is 1. The van der Waals surface area contributed by atoms with E-state index in [0.717, 1.165) is 19.5 Å². The van der Waals surface area contributed by atoms with Crippen LogP contribution in [0.15, 0.2) is 0 Å². The third kappa shape index (κ3) is 5.57. The van der Waals surface area contributed by atoms with Crippen molar-refractivity contribution in [2.45, 2.75) is 70.1 Å². The molecule has 0 aromatic carbocycles. The molecular weight excluding hydrogens is 268 g/mol. The maximum atomic E-state index is 10.8. The molecule has 1 saturated heterocycles. The number of hydrogen-bond donors (Lipinski definition) is 3. The standard InChI is InChI=1S/C16H30N2O3/c1-12(19)13-9-15(17-14-5-3-2-4-6-14)11-18(10-13)8-7-16(20)21/h12-15,17,19H,2-11H2,1H3,(H,20,21). The Morgan fingerprint density at radius 2 is 1.95 bits per heavy atom. The van der Waals surface area contributed by atoms with E-state index in [2.05, 4.69) is 10.2 Å². The molecule has 3 unspecified atom stereocenters. The van der Waals surface area contributed by atoms with Crippen molar-refractivity contribution in [2.75, 3.05) is 19.6 Å². The molecule has 0 radical (unpaired) electrons. The van der Waals surface area contributed by atoms with Crippen LogP contribution in [0.4, 0.5) is 0 Å². The fourth-order valence-electron chi connectivity index (χ4n) is 3.74. The summed E-state index contributed by atoms with van der Waals surface area (Å²) < 4.78 is 0. The first-order chi connectivity index (χ1) is 10.0. The third-order valence-electron chi connectivity index (χ3n) is 4.96. The van der Waals surface area contributed by atoms with Crippen LogP contribution in [0.5, 0.6) is 0 Å². The molecule has 122 valence electrons. The SMILES string of the molecule is CC(O)C1CC(NC2CCCCC2)CN(CCC(=O)O)C1. The Bertz CT molecular complexity index is 329. The number of aliphatic hydroxyl groups excluding tert-OH is 1. The number of hydrogen-bond acceptors (Lipinski definition) is 4. The van der Waals surface area contributed by atoms with Crippen molar-refractivity contribution in [2.24, 2.45) is 5.92 Å². The van der Waals surface area contributed by atoms with Gasteiger partial charge in [0, 0.05) is 31.7 Å². The van der Waals surface area contributed by atoms with Crippen LogP contribution in [-0.2, 0) is 4.79 Å². The van der Waals surface area contributed by atoms with E-state index in [9.17, 15) is 9.90 Å². The second-order valence-corrected chi connectivity index (χ2v) is 6.84. The highest BCUT2D eigenvalue weighted by Crippen LogP contribution is 2.23. The summed E-state index contributed by atoms with van der Waals surface area (Å²) in [5.41, 5.74) is 0. The van der Waals surface area contributed by atoms with Crippen LogP contribution in [-0.4, -0.2) is 58.9 Å². The molecule has 2 fully saturated rings. The third-order valence-corrected chi connectivity index (χ3v) is 4.96. The molecule has 21 heavy (non-hydrogen) atoms. The van der Waals surface area contributed by atoms with Gasteiger partial charge >= 0.3 is 5.97 Å². The van der Waals surface area contributed by atoms with Crippen molar-refractivity contribution in [1.82, 2.24) is 10.2 Å². The van der Waals surface area contributed by atoms with Crippen molar-refractivity contribution >= 4 is 5.97 Å². The minimum Gasteiger partial charge on any atom is -0.481 e. The zero-order chi connectivity index (χ0) is 15.2. The Balaban J connectivity index is 1.87. The van der Waals surface area contributed by atoms with Gasteiger partial charge in [0.1, 0.15) is 0 Å². The Morgan fingerprint density at radius 3 is 2.57 bits per heavy atom. The van der Waals surface area contributed by atoms with E-state index in [-0.39, 0.29) is 18.4 Å². The molecule has 1 heterocycles. The monoisotopic (exact) mass is 298 g/mol. The molecule has 3 atom stereocenters. The molecule has 1 aliphatic carbocycles. The molecule has 5 nitrogen and oxygen atoms in total. The minimum atomic E-state index is -0.744. The molecule has 0 aromatic heterocycles. The number of nitrogens with one attached hydrogen (secondary N) is 1. The van der Waals surface area contributed by atoms with Gasteiger partial charge < -0.3 is 20.4 Å². The average molecular weight is 298 g/mol. The fourth-order valence-corrected chi connectivity index (χ4v) is 3.74. The number of carbonyl (C=O) groups is 1. The van der Waals surface area contributed by atoms with Gasteiger partial charge in [-0.15, -0.1) is 0 Å². The summed E-state index contributed by atoms with van der Waals surface area (Å²) in [6.07, 6.45) is 7.34. The molecule has 0 spiro atoms. The van der Waals surface area contributed by atoms with E-state index in [1.54, 1.807) is 0 Å². The van der Waals surface area contributed by atoms with E-state index < -0.39 is 5.97 Å². The van der Waals surface area contributed by atoms with Gasteiger partial charge in [0.15, 0.2) is 0 Å². The van der Waals surface area contributed by atoms with Crippen molar-refractivity contribution in [3.05, 3.63) is 0 Å². The summed E-state index contributed by atoms with van der Waals surface area (Å²) in [6.45, 7) is 4.16. The quantitative estimate of drug-likeness (QED) is 0.692. The second kappa shape index (κ2) is 8.11. The molecule has 0 amide bonds. The van der Waals surface area contributed by atoms with Gasteiger partial charge in [-0.25, -0.2) is 0 Å². The Labute approximate surface area is 127 Å². The van der Waals surface area contributed by atoms with Crippen molar-refractivity contribution < 1.29 is 15.0 Å². The lowest BCUT2D eigenvalue weighted by atomic mass is 9.88. The molecule has 1 aliphatic heterocycles. The second-order valence-electron chi connectivity index (χ2n) is 6.84. The smallest absolute Gasteiger partial charge is 0.304 e. The fraction of sp³-hybridized carbons (Fsp3) is 0.938. The number of rotatable bonds is 6. The highest BCUT2D eigenvalue weighted by Gasteiger charge is 2.31. The van der Waals surface area contributed by atoms with E-state index >= 15 is 0 Å². The van der Waals surface area contributed by atoms with Crippen molar-refractivity contribution in [1.29, 1.82) is 0 Å². The highest BCUT2D eigenvalue weighted by molar-refractivity contribution is 5.66. The first kappa shape index (κ1) is 16.7. The Morgan fingerprint density at radius 1 is 1.24 bits per heavy atom. The van der Waals surface area contributed by atoms with Gasteiger partial charge in [-0.2, -0.15) is 0 Å². The van der Waals surface area contributed by atoms with Crippen LogP contribution in [0.3, 0.4) is 0 Å². The van der Waals surface area contributed by atoms with Gasteiger partial charge in [-0.1, -0.05) is 19.3 Å². The summed E-state index contributed by atoms with van der Waals surface area (Å²) in [7, 11) is 0. The lowest BCUT2D eigenvalue weighted by Gasteiger charge is -2.41. The van der Waals surface area contributed by atoms with Gasteiger partial charge in [0.2, 0.25) is 0 Å². The van der Waals surface area contributed by atoms with Crippen LogP contribution < -0.4 is 5.32 Å². The molecule has 0 bridgehead atoms. The first-order valence-corrected chi connectivity index (χ1v) is 8.43. The lowest BCUT2D eigenvalue weighted by Crippen LogP contribution is -2.54. The summed E-state index contributed by atoms with van der Waals surface area (Å²) >= 11 is 0. The molecule has 2 rings (SSSR count). The zero-order valence-electron chi connectivity index (χ0n) is 13.1. The molecular formula is C16H30N2O3. The zero-order valence-corrected chi connectivity index (χ0v) is 13.1. The van der Waals surface area contributed by atoms with E-state index in [1.165, 1.54) is 32.1 Å². The van der Waals surface area contributed by atoms with Gasteiger partial charge in [0.05, 0.1) is 12.5 Å². The van der Waals surface area contributed by atoms with E-state index in [0.29, 0.717) is 18.6 Å². The molecule has 3 N–H and O–H groups in total. The minimum absolute atomic E-state index is 0.183. The summed E-state index contributed by atoms with van der Waals surface area (Å²) in [5.74, 6) is -0.500. The summed E-state index contributed by atoms with van der Waals surface area (Å²) in [4.78, 5) is 13.0. The molecule has 5 heteroatoms. The largest absolute Gasteiger partial charge is 0.481 e. The van der Waals surface area contributed by atoms with E-state index in [1.807, 2.05) is 6.92 Å². The number of carboxylic acids is 1. The molecule has 1 saturated carbocycles. The van der Waals surface area contributed by atoms with Crippen LogP contribution >= 0.6 is 0 Å². The van der Waals surface area contributed by atoms with Gasteiger partial charge in [0.25, 0.3) is 0 Å². The maximum absolute atomic E-state index is 10.8. The van der Waals surface area contributed by atoms with Crippen LogP contribution in [0.25, 0.3) is 0 Å². The predicted molar refractivity (Wildman–Crippen MR) is 82.3 cm³/mol. The first-order valence-electron chi connectivity index (χ1n) is 8.43. The molecule has 0 aromatic rings. The summed E-state index contributed by atoms with van der Waals surface area (Å²) in [5, 5.41) is 22.5. The Hall–Kier alpha value is -0.650. The Kier molecular flexibility index (Phi) is 6.45. The summed E-state index contributed by atoms with van der Waals surface area (Å²) in [6, 6.07) is 0.994. The number of carboxylic acid groups (broad SMARTS) is 1. The number of likely N-dealkylation sites (tertiary alicyclic amines) is 1. The van der Waals surface area contributed by atoms with Crippen LogP contribution in [0.2, 0.25) is 0 Å². The maximum Gasteiger partial charge on any atom is 0.304 e. The van der Waals surface area contributed by atoms with E-state index in [4.69, 9.17) is 5.11 Å².